The predicted octanol–water partition coefficient (Wildman–Crippen LogP) is 0.522. The lowest BCUT2D eigenvalue weighted by Gasteiger charge is -2.36. The molecule has 0 saturated carbocycles. The maximum Gasteiger partial charge on any atom is 0.339 e. The Morgan fingerprint density at radius 3 is 3.06 bits per heavy atom. The van der Waals surface area contributed by atoms with Crippen LogP contribution in [0.1, 0.15) is 35.8 Å². The third-order valence-corrected chi connectivity index (χ3v) is 3.15. The molecule has 1 aromatic rings. The largest absolute Gasteiger partial charge is 0.478 e. The summed E-state index contributed by atoms with van der Waals surface area (Å²) in [5, 5.41) is 19.1. The van der Waals surface area contributed by atoms with E-state index in [1.807, 2.05) is 4.90 Å². The maximum atomic E-state index is 11.0. The van der Waals surface area contributed by atoms with E-state index < -0.39 is 11.6 Å². The summed E-state index contributed by atoms with van der Waals surface area (Å²) in [5.74, 6) is -1.02. The van der Waals surface area contributed by atoms with Crippen LogP contribution in [-0.4, -0.2) is 49.7 Å². The number of piperidine rings is 1. The van der Waals surface area contributed by atoms with Crippen molar-refractivity contribution in [3.63, 3.8) is 0 Å². The molecular weight excluding hydrogens is 234 g/mol. The molecule has 2 N–H and O–H groups in total. The van der Waals surface area contributed by atoms with E-state index in [1.165, 1.54) is 12.5 Å². The van der Waals surface area contributed by atoms with Crippen LogP contribution in [0.3, 0.4) is 0 Å². The second-order valence-corrected chi connectivity index (χ2v) is 5.00. The molecule has 6 nitrogen and oxygen atoms in total. The van der Waals surface area contributed by atoms with Crippen LogP contribution in [0.15, 0.2) is 12.5 Å². The third kappa shape index (κ3) is 3.02. The van der Waals surface area contributed by atoms with Gasteiger partial charge in [0.2, 0.25) is 0 Å². The van der Waals surface area contributed by atoms with Crippen molar-refractivity contribution in [2.75, 3.05) is 13.1 Å². The fraction of sp³-hybridized carbons (Fsp3) is 0.583. The summed E-state index contributed by atoms with van der Waals surface area (Å²) in [4.78, 5) is 20.8. The first kappa shape index (κ1) is 12.9. The predicted molar refractivity (Wildman–Crippen MR) is 64.1 cm³/mol. The molecule has 0 aromatic carbocycles. The van der Waals surface area contributed by atoms with Crippen LogP contribution >= 0.6 is 0 Å². The third-order valence-electron chi connectivity index (χ3n) is 3.15. The number of likely N-dealkylation sites (tertiary alicyclic amines) is 1. The number of rotatable bonds is 3. The average molecular weight is 251 g/mol. The summed E-state index contributed by atoms with van der Waals surface area (Å²) in [5.41, 5.74) is -0.0767. The fourth-order valence-electron chi connectivity index (χ4n) is 2.33. The summed E-state index contributed by atoms with van der Waals surface area (Å²) < 4.78 is 0. The number of aromatic carboxylic acids is 1. The Hall–Kier alpha value is -1.53. The highest BCUT2D eigenvalue weighted by atomic mass is 16.4. The first-order valence-corrected chi connectivity index (χ1v) is 5.95. The smallest absolute Gasteiger partial charge is 0.339 e. The molecule has 1 aliphatic heterocycles. The molecule has 98 valence electrons. The molecule has 1 atom stereocenters. The summed E-state index contributed by atoms with van der Waals surface area (Å²) in [7, 11) is 0. The zero-order valence-electron chi connectivity index (χ0n) is 10.3. The number of aromatic nitrogens is 2. The lowest BCUT2D eigenvalue weighted by atomic mass is 9.95. The first-order chi connectivity index (χ1) is 8.48. The zero-order valence-corrected chi connectivity index (χ0v) is 10.3. The molecule has 0 bridgehead atoms. The SMILES string of the molecule is CC1(O)CCCN(Cc2ncncc2C(=O)O)C1. The maximum absolute atomic E-state index is 11.0. The highest BCUT2D eigenvalue weighted by Gasteiger charge is 2.29. The number of β-amino-alcohol motifs (C(OH)–C–C–N with tert-alkyl or cyclic N) is 1. The van der Waals surface area contributed by atoms with E-state index in [4.69, 9.17) is 5.11 Å². The quantitative estimate of drug-likeness (QED) is 0.814. The van der Waals surface area contributed by atoms with E-state index >= 15 is 0 Å². The Balaban J connectivity index is 2.12. The summed E-state index contributed by atoms with van der Waals surface area (Å²) >= 11 is 0. The minimum Gasteiger partial charge on any atom is -0.478 e. The Kier molecular flexibility index (Phi) is 3.58. The van der Waals surface area contributed by atoms with E-state index in [0.29, 0.717) is 18.8 Å². The molecule has 1 aliphatic rings. The monoisotopic (exact) mass is 251 g/mol. The highest BCUT2D eigenvalue weighted by Crippen LogP contribution is 2.21. The lowest BCUT2D eigenvalue weighted by Crippen LogP contribution is -2.45. The first-order valence-electron chi connectivity index (χ1n) is 5.95. The van der Waals surface area contributed by atoms with Crippen molar-refractivity contribution >= 4 is 5.97 Å². The molecule has 6 heteroatoms. The van der Waals surface area contributed by atoms with Gasteiger partial charge in [-0.15, -0.1) is 0 Å². The van der Waals surface area contributed by atoms with Crippen molar-refractivity contribution < 1.29 is 15.0 Å². The van der Waals surface area contributed by atoms with Gasteiger partial charge in [0, 0.05) is 19.3 Å². The molecule has 0 aliphatic carbocycles. The van der Waals surface area contributed by atoms with Gasteiger partial charge in [0.25, 0.3) is 0 Å². The molecule has 1 saturated heterocycles. The molecular formula is C12H17N3O3. The van der Waals surface area contributed by atoms with Crippen molar-refractivity contribution in [1.82, 2.24) is 14.9 Å². The molecule has 0 radical (unpaired) electrons. The van der Waals surface area contributed by atoms with E-state index in [-0.39, 0.29) is 5.56 Å². The minimum atomic E-state index is -1.02. The number of aliphatic hydroxyl groups is 1. The van der Waals surface area contributed by atoms with Gasteiger partial charge in [-0.2, -0.15) is 0 Å². The molecule has 1 fully saturated rings. The van der Waals surface area contributed by atoms with Crippen molar-refractivity contribution in [2.45, 2.75) is 31.9 Å². The fourth-order valence-corrected chi connectivity index (χ4v) is 2.33. The molecule has 0 amide bonds. The molecule has 2 rings (SSSR count). The van der Waals surface area contributed by atoms with Crippen molar-refractivity contribution in [2.24, 2.45) is 0 Å². The van der Waals surface area contributed by atoms with E-state index in [1.54, 1.807) is 6.92 Å². The molecule has 18 heavy (non-hydrogen) atoms. The molecule has 2 heterocycles. The Morgan fingerprint density at radius 2 is 2.39 bits per heavy atom. The standard InChI is InChI=1S/C12H17N3O3/c1-12(18)3-2-4-15(7-12)6-10-9(11(16)17)5-13-8-14-10/h5,8,18H,2-4,6-7H2,1H3,(H,16,17). The number of carboxylic acids is 1. The van der Waals surface area contributed by atoms with Gasteiger partial charge in [-0.25, -0.2) is 14.8 Å². The number of carboxylic acid groups (broad SMARTS) is 1. The normalized spacial score (nSPS) is 25.0. The van der Waals surface area contributed by atoms with Gasteiger partial charge in [-0.1, -0.05) is 0 Å². The summed E-state index contributed by atoms with van der Waals surface area (Å²) in [6.45, 7) is 3.62. The molecule has 1 unspecified atom stereocenters. The highest BCUT2D eigenvalue weighted by molar-refractivity contribution is 5.88. The molecule has 0 spiro atoms. The Morgan fingerprint density at radius 1 is 1.61 bits per heavy atom. The second kappa shape index (κ2) is 4.99. The van der Waals surface area contributed by atoms with Crippen LogP contribution in [0.5, 0.6) is 0 Å². The Bertz CT molecular complexity index is 448. The number of carbonyl (C=O) groups is 1. The van der Waals surface area contributed by atoms with Gasteiger partial charge in [0.05, 0.1) is 11.3 Å². The van der Waals surface area contributed by atoms with Gasteiger partial charge in [0.15, 0.2) is 0 Å². The van der Waals surface area contributed by atoms with Gasteiger partial charge in [-0.3, -0.25) is 4.90 Å². The van der Waals surface area contributed by atoms with Crippen LogP contribution in [-0.2, 0) is 6.54 Å². The van der Waals surface area contributed by atoms with Crippen LogP contribution in [0.25, 0.3) is 0 Å². The van der Waals surface area contributed by atoms with Gasteiger partial charge in [0.1, 0.15) is 11.9 Å². The average Bonchev–Trinajstić information content (AvgIpc) is 2.28. The van der Waals surface area contributed by atoms with E-state index in [0.717, 1.165) is 19.4 Å². The van der Waals surface area contributed by atoms with Gasteiger partial charge >= 0.3 is 5.97 Å². The van der Waals surface area contributed by atoms with Crippen LogP contribution < -0.4 is 0 Å². The van der Waals surface area contributed by atoms with Crippen molar-refractivity contribution in [3.8, 4) is 0 Å². The van der Waals surface area contributed by atoms with Gasteiger partial charge in [-0.05, 0) is 26.3 Å². The number of hydrogen-bond donors (Lipinski definition) is 2. The van der Waals surface area contributed by atoms with E-state index in [9.17, 15) is 9.90 Å². The van der Waals surface area contributed by atoms with Crippen LogP contribution in [0, 0.1) is 0 Å². The second-order valence-electron chi connectivity index (χ2n) is 5.00. The summed E-state index contributed by atoms with van der Waals surface area (Å²) in [6.07, 6.45) is 4.34. The number of hydrogen-bond acceptors (Lipinski definition) is 5. The van der Waals surface area contributed by atoms with E-state index in [2.05, 4.69) is 9.97 Å². The van der Waals surface area contributed by atoms with Crippen LogP contribution in [0.2, 0.25) is 0 Å². The Labute approximate surface area is 105 Å². The minimum absolute atomic E-state index is 0.128. The van der Waals surface area contributed by atoms with Gasteiger partial charge < -0.3 is 10.2 Å². The van der Waals surface area contributed by atoms with Crippen molar-refractivity contribution in [1.29, 1.82) is 0 Å². The van der Waals surface area contributed by atoms with Crippen LogP contribution in [0.4, 0.5) is 0 Å². The zero-order chi connectivity index (χ0) is 13.2. The van der Waals surface area contributed by atoms with Crippen molar-refractivity contribution in [3.05, 3.63) is 23.8 Å². The topological polar surface area (TPSA) is 86.5 Å². The lowest BCUT2D eigenvalue weighted by molar-refractivity contribution is -0.0185. The molecule has 1 aromatic heterocycles. The summed E-state index contributed by atoms with van der Waals surface area (Å²) in [6, 6.07) is 0. The number of nitrogens with zero attached hydrogens (tertiary/aromatic N) is 3.